The van der Waals surface area contributed by atoms with Crippen LogP contribution in [0.4, 0.5) is 0 Å². The zero-order valence-electron chi connectivity index (χ0n) is 13.0. The minimum Gasteiger partial charge on any atom is -0.493 e. The lowest BCUT2D eigenvalue weighted by molar-refractivity contribution is 0.0925. The highest BCUT2D eigenvalue weighted by molar-refractivity contribution is 5.97. The number of methoxy groups -OCH3 is 1. The first-order chi connectivity index (χ1) is 11.8. The van der Waals surface area contributed by atoms with Crippen molar-refractivity contribution in [2.75, 3.05) is 7.11 Å². The fourth-order valence-corrected chi connectivity index (χ4v) is 2.70. The number of carbonyl (C=O) groups is 1. The summed E-state index contributed by atoms with van der Waals surface area (Å²) >= 11 is 0. The molecule has 4 rings (SSSR count). The molecule has 1 amide bonds. The lowest BCUT2D eigenvalue weighted by atomic mass is 10.2. The van der Waals surface area contributed by atoms with Gasteiger partial charge in [0.25, 0.3) is 5.91 Å². The molecule has 0 saturated heterocycles. The number of para-hydroxylation sites is 1. The van der Waals surface area contributed by atoms with Crippen molar-refractivity contribution in [3.05, 3.63) is 66.2 Å². The molecule has 0 aliphatic heterocycles. The number of ether oxygens (including phenoxy) is 1. The first-order valence-corrected chi connectivity index (χ1v) is 7.52. The van der Waals surface area contributed by atoms with E-state index in [-0.39, 0.29) is 11.7 Å². The fraction of sp³-hybridized carbons (Fsp3) is 0.111. The molecule has 6 nitrogen and oxygen atoms in total. The molecule has 0 radical (unpaired) electrons. The Morgan fingerprint density at radius 2 is 2.21 bits per heavy atom. The van der Waals surface area contributed by atoms with E-state index >= 15 is 0 Å². The second-order valence-corrected chi connectivity index (χ2v) is 5.37. The third kappa shape index (κ3) is 2.38. The molecular formula is C18H15N3O3. The molecule has 0 aliphatic carbocycles. The van der Waals surface area contributed by atoms with Crippen LogP contribution in [0.1, 0.15) is 16.1 Å². The first-order valence-electron chi connectivity index (χ1n) is 7.52. The van der Waals surface area contributed by atoms with Crippen molar-refractivity contribution < 1.29 is 13.9 Å². The van der Waals surface area contributed by atoms with Gasteiger partial charge in [-0.1, -0.05) is 18.2 Å². The summed E-state index contributed by atoms with van der Waals surface area (Å²) in [5.41, 5.74) is 2.47. The molecule has 3 heterocycles. The number of hydrogen-bond donors (Lipinski definition) is 1. The van der Waals surface area contributed by atoms with Crippen molar-refractivity contribution in [3.63, 3.8) is 0 Å². The van der Waals surface area contributed by atoms with E-state index in [1.165, 1.54) is 0 Å². The van der Waals surface area contributed by atoms with Crippen LogP contribution in [0.5, 0.6) is 5.75 Å². The van der Waals surface area contributed by atoms with Gasteiger partial charge in [0.15, 0.2) is 17.1 Å². The predicted molar refractivity (Wildman–Crippen MR) is 89.1 cm³/mol. The van der Waals surface area contributed by atoms with Gasteiger partial charge in [0.2, 0.25) is 0 Å². The Balaban J connectivity index is 1.56. The summed E-state index contributed by atoms with van der Waals surface area (Å²) in [6, 6.07) is 13.1. The molecule has 120 valence electrons. The van der Waals surface area contributed by atoms with Crippen molar-refractivity contribution in [1.82, 2.24) is 14.9 Å². The molecule has 0 aliphatic rings. The molecule has 0 saturated carbocycles. The molecule has 0 unspecified atom stereocenters. The molecule has 0 fully saturated rings. The fourth-order valence-electron chi connectivity index (χ4n) is 2.70. The molecular weight excluding hydrogens is 306 g/mol. The minimum atomic E-state index is -0.275. The van der Waals surface area contributed by atoms with Gasteiger partial charge < -0.3 is 14.5 Å². The van der Waals surface area contributed by atoms with Crippen LogP contribution in [0, 0.1) is 0 Å². The highest BCUT2D eigenvalue weighted by Gasteiger charge is 2.15. The average Bonchev–Trinajstić information content (AvgIpc) is 3.23. The Morgan fingerprint density at radius 3 is 3.08 bits per heavy atom. The third-order valence-electron chi connectivity index (χ3n) is 3.90. The number of furan rings is 1. The zero-order valence-corrected chi connectivity index (χ0v) is 13.0. The SMILES string of the molecule is COc1cccc2cc(C(=O)NCc3cnn4ccccc34)oc12. The number of aromatic nitrogens is 2. The van der Waals surface area contributed by atoms with E-state index in [9.17, 15) is 4.79 Å². The maximum atomic E-state index is 12.4. The van der Waals surface area contributed by atoms with Crippen molar-refractivity contribution in [1.29, 1.82) is 0 Å². The van der Waals surface area contributed by atoms with Gasteiger partial charge in [-0.25, -0.2) is 4.52 Å². The molecule has 4 aromatic rings. The van der Waals surface area contributed by atoms with Crippen molar-refractivity contribution in [3.8, 4) is 5.75 Å². The monoisotopic (exact) mass is 321 g/mol. The number of benzene rings is 1. The van der Waals surface area contributed by atoms with Gasteiger partial charge in [-0.05, 0) is 24.3 Å². The Kier molecular flexibility index (Phi) is 3.42. The van der Waals surface area contributed by atoms with Crippen LogP contribution in [-0.4, -0.2) is 22.6 Å². The Labute approximate surface area is 137 Å². The van der Waals surface area contributed by atoms with Gasteiger partial charge in [-0.15, -0.1) is 0 Å². The average molecular weight is 321 g/mol. The number of rotatable bonds is 4. The Hall–Kier alpha value is -3.28. The number of amides is 1. The van der Waals surface area contributed by atoms with Gasteiger partial charge in [0, 0.05) is 23.7 Å². The summed E-state index contributed by atoms with van der Waals surface area (Å²) in [7, 11) is 1.57. The number of nitrogens with zero attached hydrogens (tertiary/aromatic N) is 2. The van der Waals surface area contributed by atoms with Gasteiger partial charge in [-0.3, -0.25) is 4.79 Å². The van der Waals surface area contributed by atoms with Crippen LogP contribution in [0.3, 0.4) is 0 Å². The van der Waals surface area contributed by atoms with Crippen molar-refractivity contribution >= 4 is 22.4 Å². The molecule has 1 aromatic carbocycles. The minimum absolute atomic E-state index is 0.256. The van der Waals surface area contributed by atoms with E-state index in [4.69, 9.17) is 9.15 Å². The van der Waals surface area contributed by atoms with Gasteiger partial charge in [0.05, 0.1) is 18.8 Å². The first kappa shape index (κ1) is 14.3. The lowest BCUT2D eigenvalue weighted by Gasteiger charge is -2.02. The quantitative estimate of drug-likeness (QED) is 0.627. The molecule has 1 N–H and O–H groups in total. The summed E-state index contributed by atoms with van der Waals surface area (Å²) < 4.78 is 12.7. The van der Waals surface area contributed by atoms with E-state index in [1.54, 1.807) is 30.0 Å². The zero-order chi connectivity index (χ0) is 16.5. The van der Waals surface area contributed by atoms with Crippen LogP contribution in [0.2, 0.25) is 0 Å². The summed E-state index contributed by atoms with van der Waals surface area (Å²) in [5, 5.41) is 7.95. The van der Waals surface area contributed by atoms with Crippen molar-refractivity contribution in [2.45, 2.75) is 6.54 Å². The van der Waals surface area contributed by atoms with Crippen molar-refractivity contribution in [2.24, 2.45) is 0 Å². The number of fused-ring (bicyclic) bond motifs is 2. The van der Waals surface area contributed by atoms with E-state index < -0.39 is 0 Å². The summed E-state index contributed by atoms with van der Waals surface area (Å²) in [4.78, 5) is 12.4. The van der Waals surface area contributed by atoms with Gasteiger partial charge in [0.1, 0.15) is 0 Å². The summed E-state index contributed by atoms with van der Waals surface area (Å²) in [6.07, 6.45) is 3.61. The number of nitrogens with one attached hydrogen (secondary N) is 1. The largest absolute Gasteiger partial charge is 0.493 e. The third-order valence-corrected chi connectivity index (χ3v) is 3.90. The number of carbonyl (C=O) groups excluding carboxylic acids is 1. The van der Waals surface area contributed by atoms with E-state index in [0.717, 1.165) is 16.5 Å². The molecule has 0 atom stereocenters. The Morgan fingerprint density at radius 1 is 1.29 bits per heavy atom. The second-order valence-electron chi connectivity index (χ2n) is 5.37. The predicted octanol–water partition coefficient (Wildman–Crippen LogP) is 3.02. The van der Waals surface area contributed by atoms with Gasteiger partial charge >= 0.3 is 0 Å². The smallest absolute Gasteiger partial charge is 0.287 e. The maximum absolute atomic E-state index is 12.4. The summed E-state index contributed by atoms with van der Waals surface area (Å²) in [6.45, 7) is 0.376. The van der Waals surface area contributed by atoms with Gasteiger partial charge in [-0.2, -0.15) is 5.10 Å². The van der Waals surface area contributed by atoms with Crippen LogP contribution in [0.25, 0.3) is 16.5 Å². The van der Waals surface area contributed by atoms with Crippen LogP contribution >= 0.6 is 0 Å². The molecule has 6 heteroatoms. The molecule has 24 heavy (non-hydrogen) atoms. The van der Waals surface area contributed by atoms with E-state index in [2.05, 4.69) is 10.4 Å². The van der Waals surface area contributed by atoms with E-state index in [0.29, 0.717) is 17.9 Å². The molecule has 0 bridgehead atoms. The Bertz CT molecular complexity index is 1030. The molecule has 0 spiro atoms. The van der Waals surface area contributed by atoms with Crippen LogP contribution in [-0.2, 0) is 6.54 Å². The highest BCUT2D eigenvalue weighted by Crippen LogP contribution is 2.28. The summed E-state index contributed by atoms with van der Waals surface area (Å²) in [5.74, 6) is 0.587. The normalized spacial score (nSPS) is 11.0. The standard InChI is InChI=1S/C18H15N3O3/c1-23-15-7-4-5-12-9-16(24-17(12)15)18(22)19-10-13-11-20-21-8-3-2-6-14(13)21/h2-9,11H,10H2,1H3,(H,19,22). The van der Waals surface area contributed by atoms with Crippen LogP contribution < -0.4 is 10.1 Å². The molecule has 3 aromatic heterocycles. The number of pyridine rings is 1. The highest BCUT2D eigenvalue weighted by atomic mass is 16.5. The van der Waals surface area contributed by atoms with E-state index in [1.807, 2.05) is 36.5 Å². The van der Waals surface area contributed by atoms with Crippen LogP contribution in [0.15, 0.2) is 59.3 Å². The maximum Gasteiger partial charge on any atom is 0.287 e. The topological polar surface area (TPSA) is 68.8 Å². The number of hydrogen-bond acceptors (Lipinski definition) is 4. The lowest BCUT2D eigenvalue weighted by Crippen LogP contribution is -2.22. The second kappa shape index (κ2) is 5.73.